The number of pyridine rings is 1. The van der Waals surface area contributed by atoms with Crippen LogP contribution < -0.4 is 14.5 Å². The van der Waals surface area contributed by atoms with Crippen molar-refractivity contribution in [2.45, 2.75) is 24.7 Å². The molecule has 4 heterocycles. The summed E-state index contributed by atoms with van der Waals surface area (Å²) in [6.07, 6.45) is 3.91. The Morgan fingerprint density at radius 1 is 1.15 bits per heavy atom. The molecule has 1 N–H and O–H groups in total. The first-order valence-corrected chi connectivity index (χ1v) is 9.32. The normalized spacial score (nSPS) is 23.0. The zero-order chi connectivity index (χ0) is 18.8. The minimum absolute atomic E-state index is 0.119. The molecule has 144 valence electrons. The molecule has 0 bridgehead atoms. The Labute approximate surface area is 159 Å². The number of hydrogen-bond donors (Lipinski definition) is 1. The average Bonchev–Trinajstić information content (AvgIpc) is 2.98. The summed E-state index contributed by atoms with van der Waals surface area (Å²) in [4.78, 5) is 19.6. The largest absolute Gasteiger partial charge is 0.471 e. The Morgan fingerprint density at radius 3 is 2.70 bits per heavy atom. The van der Waals surface area contributed by atoms with E-state index in [9.17, 15) is 5.11 Å². The smallest absolute Gasteiger partial charge is 0.213 e. The maximum atomic E-state index is 10.1. The number of aromatic nitrogens is 3. The third kappa shape index (κ3) is 4.12. The van der Waals surface area contributed by atoms with Gasteiger partial charge >= 0.3 is 0 Å². The maximum absolute atomic E-state index is 10.1. The summed E-state index contributed by atoms with van der Waals surface area (Å²) in [5.74, 6) is 2.42. The Kier molecular flexibility index (Phi) is 5.09. The Balaban J connectivity index is 1.40. The second-order valence-electron chi connectivity index (χ2n) is 7.51. The molecule has 0 amide bonds. The van der Waals surface area contributed by atoms with Crippen LogP contribution >= 0.6 is 0 Å². The van der Waals surface area contributed by atoms with Crippen LogP contribution in [0.15, 0.2) is 36.8 Å². The summed E-state index contributed by atoms with van der Waals surface area (Å²) in [6, 6.07) is 7.94. The van der Waals surface area contributed by atoms with Gasteiger partial charge < -0.3 is 24.5 Å². The van der Waals surface area contributed by atoms with E-state index in [0.29, 0.717) is 12.4 Å². The molecule has 2 atom stereocenters. The zero-order valence-corrected chi connectivity index (χ0v) is 15.8. The van der Waals surface area contributed by atoms with Crippen LogP contribution in [-0.2, 0) is 0 Å². The van der Waals surface area contributed by atoms with Gasteiger partial charge in [0.2, 0.25) is 5.88 Å². The lowest BCUT2D eigenvalue weighted by Gasteiger charge is -2.39. The van der Waals surface area contributed by atoms with Crippen molar-refractivity contribution in [2.75, 3.05) is 50.1 Å². The van der Waals surface area contributed by atoms with E-state index < -0.39 is 0 Å². The minimum Gasteiger partial charge on any atom is -0.471 e. The van der Waals surface area contributed by atoms with Gasteiger partial charge in [-0.25, -0.2) is 15.0 Å². The molecular formula is C19H26N6O2. The predicted molar refractivity (Wildman–Crippen MR) is 103 cm³/mol. The van der Waals surface area contributed by atoms with Crippen LogP contribution in [0.5, 0.6) is 5.88 Å². The van der Waals surface area contributed by atoms with Crippen LogP contribution in [0.3, 0.4) is 0 Å². The van der Waals surface area contributed by atoms with Gasteiger partial charge in [0.15, 0.2) is 0 Å². The fourth-order valence-electron chi connectivity index (χ4n) is 3.72. The van der Waals surface area contributed by atoms with Crippen molar-refractivity contribution in [3.8, 4) is 5.88 Å². The van der Waals surface area contributed by atoms with Crippen molar-refractivity contribution < 1.29 is 9.84 Å². The minimum atomic E-state index is -0.312. The highest BCUT2D eigenvalue weighted by Gasteiger charge is 2.34. The maximum Gasteiger partial charge on any atom is 0.213 e. The molecule has 8 heteroatoms. The number of rotatable bonds is 6. The third-order valence-electron chi connectivity index (χ3n) is 5.00. The first-order valence-electron chi connectivity index (χ1n) is 9.32. The Hall–Kier alpha value is -2.45. The molecule has 0 saturated carbocycles. The van der Waals surface area contributed by atoms with E-state index in [0.717, 1.165) is 37.7 Å². The highest BCUT2D eigenvalue weighted by molar-refractivity contribution is 5.53. The summed E-state index contributed by atoms with van der Waals surface area (Å²) in [7, 11) is 4.10. The molecule has 2 aromatic rings. The van der Waals surface area contributed by atoms with Crippen LogP contribution in [-0.4, -0.2) is 83.5 Å². The average molecular weight is 370 g/mol. The fourth-order valence-corrected chi connectivity index (χ4v) is 3.72. The number of β-amino-alcohol motifs (C(OH)–C–C–N with tert-alkyl or cyclic N) is 1. The lowest BCUT2D eigenvalue weighted by Crippen LogP contribution is -2.54. The third-order valence-corrected chi connectivity index (χ3v) is 5.00. The van der Waals surface area contributed by atoms with Crippen LogP contribution in [0.2, 0.25) is 0 Å². The van der Waals surface area contributed by atoms with Gasteiger partial charge in [0.05, 0.1) is 19.2 Å². The molecule has 0 aromatic carbocycles. The van der Waals surface area contributed by atoms with Crippen LogP contribution in [0.1, 0.15) is 6.42 Å². The number of hydrogen-bond acceptors (Lipinski definition) is 8. The molecule has 27 heavy (non-hydrogen) atoms. The summed E-state index contributed by atoms with van der Waals surface area (Å²) in [6.45, 7) is 3.05. The quantitative estimate of drug-likeness (QED) is 0.794. The van der Waals surface area contributed by atoms with Crippen molar-refractivity contribution in [2.24, 2.45) is 0 Å². The molecule has 0 radical (unpaired) electrons. The summed E-state index contributed by atoms with van der Waals surface area (Å²) in [5.41, 5.74) is 0. The second kappa shape index (κ2) is 7.66. The van der Waals surface area contributed by atoms with Crippen LogP contribution in [0, 0.1) is 0 Å². The van der Waals surface area contributed by atoms with Crippen molar-refractivity contribution in [1.82, 2.24) is 19.9 Å². The van der Waals surface area contributed by atoms with Gasteiger partial charge in [-0.2, -0.15) is 0 Å². The number of likely N-dealkylation sites (N-methyl/N-ethyl adjacent to an activating group) is 1. The molecule has 4 rings (SSSR count). The number of anilines is 2. The lowest BCUT2D eigenvalue weighted by molar-refractivity contribution is 0.160. The highest BCUT2D eigenvalue weighted by Crippen LogP contribution is 2.28. The predicted octanol–water partition coefficient (Wildman–Crippen LogP) is 0.640. The molecule has 2 aliphatic heterocycles. The van der Waals surface area contributed by atoms with E-state index in [-0.39, 0.29) is 18.2 Å². The zero-order valence-electron chi connectivity index (χ0n) is 15.8. The van der Waals surface area contributed by atoms with Crippen molar-refractivity contribution >= 4 is 11.6 Å². The topological polar surface area (TPSA) is 77.9 Å². The van der Waals surface area contributed by atoms with Crippen LogP contribution in [0.25, 0.3) is 0 Å². The van der Waals surface area contributed by atoms with Gasteiger partial charge in [0.1, 0.15) is 24.1 Å². The number of aliphatic hydroxyl groups is 1. The van der Waals surface area contributed by atoms with Gasteiger partial charge in [0.25, 0.3) is 0 Å². The Morgan fingerprint density at radius 2 is 1.96 bits per heavy atom. The molecule has 2 fully saturated rings. The van der Waals surface area contributed by atoms with E-state index in [1.54, 1.807) is 12.5 Å². The molecule has 2 aliphatic rings. The monoisotopic (exact) mass is 370 g/mol. The van der Waals surface area contributed by atoms with Crippen LogP contribution in [0.4, 0.5) is 11.6 Å². The first kappa shape index (κ1) is 17.9. The summed E-state index contributed by atoms with van der Waals surface area (Å²) in [5, 5.41) is 10.1. The summed E-state index contributed by atoms with van der Waals surface area (Å²) < 4.78 is 5.86. The van der Waals surface area contributed by atoms with Gasteiger partial charge in [0, 0.05) is 37.5 Å². The van der Waals surface area contributed by atoms with Crippen molar-refractivity contribution in [1.29, 1.82) is 0 Å². The molecule has 0 aliphatic carbocycles. The highest BCUT2D eigenvalue weighted by atomic mass is 16.5. The molecule has 2 aromatic heterocycles. The fraction of sp³-hybridized carbons (Fsp3) is 0.526. The van der Waals surface area contributed by atoms with Gasteiger partial charge in [-0.05, 0) is 26.6 Å². The van der Waals surface area contributed by atoms with Gasteiger partial charge in [-0.1, -0.05) is 6.07 Å². The number of ether oxygens (including phenoxy) is 1. The number of aliphatic hydroxyl groups excluding tert-OH is 1. The van der Waals surface area contributed by atoms with E-state index >= 15 is 0 Å². The molecular weight excluding hydrogens is 344 g/mol. The SMILES string of the molecule is CN(C)C[C@H]1C[C@@H](O)CN1c1cc(N2CC(Oc3ccccn3)C2)ncn1. The van der Waals surface area contributed by atoms with E-state index in [1.165, 1.54) is 0 Å². The Bertz CT molecular complexity index is 753. The van der Waals surface area contributed by atoms with E-state index in [4.69, 9.17) is 4.74 Å². The van der Waals surface area contributed by atoms with Crippen molar-refractivity contribution in [3.05, 3.63) is 36.8 Å². The van der Waals surface area contributed by atoms with Gasteiger partial charge in [-0.15, -0.1) is 0 Å². The molecule has 0 unspecified atom stereocenters. The number of nitrogens with zero attached hydrogens (tertiary/aromatic N) is 6. The molecule has 0 spiro atoms. The van der Waals surface area contributed by atoms with E-state index in [2.05, 4.69) is 43.7 Å². The first-order chi connectivity index (χ1) is 13.1. The van der Waals surface area contributed by atoms with Gasteiger partial charge in [-0.3, -0.25) is 0 Å². The second-order valence-corrected chi connectivity index (χ2v) is 7.51. The molecule has 8 nitrogen and oxygen atoms in total. The standard InChI is InChI=1S/C19H26N6O2/c1-23(2)9-14-7-15(26)10-25(14)18-8-17(21-13-22-18)24-11-16(12-24)27-19-5-3-4-6-20-19/h3-6,8,13-16,26H,7,9-12H2,1-2H3/t14-,15-/m1/s1. The molecule has 2 saturated heterocycles. The summed E-state index contributed by atoms with van der Waals surface area (Å²) >= 11 is 0. The lowest BCUT2D eigenvalue weighted by atomic mass is 10.1. The van der Waals surface area contributed by atoms with E-state index in [1.807, 2.05) is 24.3 Å². The van der Waals surface area contributed by atoms with Crippen molar-refractivity contribution in [3.63, 3.8) is 0 Å².